The van der Waals surface area contributed by atoms with Crippen molar-refractivity contribution in [2.45, 2.75) is 32.2 Å². The van der Waals surface area contributed by atoms with Gasteiger partial charge in [-0.1, -0.05) is 0 Å². The number of esters is 1. The number of carboxylic acids is 1. The lowest BCUT2D eigenvalue weighted by molar-refractivity contribution is -0.142. The molecule has 0 heterocycles. The van der Waals surface area contributed by atoms with Crippen LogP contribution in [-0.2, 0) is 14.3 Å². The summed E-state index contributed by atoms with van der Waals surface area (Å²) in [6.07, 6.45) is 1.64. The predicted molar refractivity (Wildman–Crippen MR) is 61.9 cm³/mol. The Morgan fingerprint density at radius 1 is 1.33 bits per heavy atom. The molecule has 7 heteroatoms. The van der Waals surface area contributed by atoms with Crippen LogP contribution in [0.4, 0.5) is 4.79 Å². The van der Waals surface area contributed by atoms with Crippen LogP contribution in [-0.4, -0.2) is 42.3 Å². The fourth-order valence-electron chi connectivity index (χ4n) is 1.94. The van der Waals surface area contributed by atoms with Gasteiger partial charge in [-0.3, -0.25) is 9.59 Å². The molecule has 1 aliphatic rings. The molecule has 0 aromatic heterocycles. The van der Waals surface area contributed by atoms with Crippen molar-refractivity contribution in [1.29, 1.82) is 0 Å². The van der Waals surface area contributed by atoms with Gasteiger partial charge in [0.15, 0.2) is 0 Å². The summed E-state index contributed by atoms with van der Waals surface area (Å²) in [5.41, 5.74) is 0. The second kappa shape index (κ2) is 6.83. The number of carbonyl (C=O) groups excluding carboxylic acids is 2. The molecular weight excluding hydrogens is 240 g/mol. The summed E-state index contributed by atoms with van der Waals surface area (Å²) in [6, 6.07) is -0.618. The Labute approximate surface area is 105 Å². The molecule has 0 spiro atoms. The van der Waals surface area contributed by atoms with E-state index in [1.165, 1.54) is 0 Å². The third-order valence-corrected chi connectivity index (χ3v) is 2.82. The van der Waals surface area contributed by atoms with E-state index in [4.69, 9.17) is 5.11 Å². The molecule has 0 bridgehead atoms. The van der Waals surface area contributed by atoms with E-state index in [1.807, 2.05) is 0 Å². The number of urea groups is 1. The van der Waals surface area contributed by atoms with E-state index in [9.17, 15) is 14.4 Å². The molecule has 18 heavy (non-hydrogen) atoms. The highest BCUT2D eigenvalue weighted by molar-refractivity contribution is 5.81. The number of aliphatic carboxylic acids is 1. The number of nitrogens with one attached hydrogen (secondary N) is 2. The number of carbonyl (C=O) groups is 3. The highest BCUT2D eigenvalue weighted by Crippen LogP contribution is 2.25. The highest BCUT2D eigenvalue weighted by Gasteiger charge is 2.30. The fourth-order valence-corrected chi connectivity index (χ4v) is 1.94. The Morgan fingerprint density at radius 2 is 2.06 bits per heavy atom. The van der Waals surface area contributed by atoms with Gasteiger partial charge in [-0.05, 0) is 26.2 Å². The number of amides is 2. The fraction of sp³-hybridized carbons (Fsp3) is 0.727. The maximum absolute atomic E-state index is 11.4. The molecule has 1 rings (SSSR count). The third-order valence-electron chi connectivity index (χ3n) is 2.82. The molecule has 1 saturated carbocycles. The van der Waals surface area contributed by atoms with Crippen LogP contribution in [0.1, 0.15) is 26.2 Å². The lowest BCUT2D eigenvalue weighted by Gasteiger charge is -2.13. The zero-order valence-corrected chi connectivity index (χ0v) is 10.3. The number of carboxylic acid groups (broad SMARTS) is 1. The van der Waals surface area contributed by atoms with Crippen LogP contribution in [0.5, 0.6) is 0 Å². The standard InChI is InChI=1S/C11H18N2O5/c1-2-18-9(14)6-12-11(17)13-8-4-3-7(5-8)10(15)16/h7-8H,2-6H2,1H3,(H,15,16)(H2,12,13,17). The van der Waals surface area contributed by atoms with Crippen LogP contribution in [0.15, 0.2) is 0 Å². The first-order valence-electron chi connectivity index (χ1n) is 5.95. The molecule has 0 aliphatic heterocycles. The van der Waals surface area contributed by atoms with E-state index in [0.29, 0.717) is 19.3 Å². The number of hydrogen-bond donors (Lipinski definition) is 3. The minimum Gasteiger partial charge on any atom is -0.481 e. The van der Waals surface area contributed by atoms with E-state index in [1.54, 1.807) is 6.92 Å². The average Bonchev–Trinajstić information content (AvgIpc) is 2.75. The van der Waals surface area contributed by atoms with E-state index in [2.05, 4.69) is 15.4 Å². The lowest BCUT2D eigenvalue weighted by atomic mass is 10.1. The van der Waals surface area contributed by atoms with Crippen LogP contribution in [0.25, 0.3) is 0 Å². The van der Waals surface area contributed by atoms with Crippen molar-refractivity contribution in [1.82, 2.24) is 10.6 Å². The van der Waals surface area contributed by atoms with Gasteiger partial charge in [-0.2, -0.15) is 0 Å². The predicted octanol–water partition coefficient (Wildman–Crippen LogP) is 0.102. The summed E-state index contributed by atoms with van der Waals surface area (Å²) in [4.78, 5) is 33.1. The minimum absolute atomic E-state index is 0.145. The summed E-state index contributed by atoms with van der Waals surface area (Å²) in [6.45, 7) is 1.77. The second-order valence-corrected chi connectivity index (χ2v) is 4.18. The highest BCUT2D eigenvalue weighted by atomic mass is 16.5. The normalized spacial score (nSPS) is 22.3. The van der Waals surface area contributed by atoms with E-state index >= 15 is 0 Å². The van der Waals surface area contributed by atoms with Crippen molar-refractivity contribution in [2.75, 3.05) is 13.2 Å². The van der Waals surface area contributed by atoms with Gasteiger partial charge in [0, 0.05) is 6.04 Å². The lowest BCUT2D eigenvalue weighted by Crippen LogP contribution is -2.43. The molecule has 102 valence electrons. The molecule has 2 atom stereocenters. The van der Waals surface area contributed by atoms with E-state index in [-0.39, 0.29) is 25.1 Å². The molecule has 0 aromatic rings. The molecule has 0 radical (unpaired) electrons. The quantitative estimate of drug-likeness (QED) is 0.607. The largest absolute Gasteiger partial charge is 0.481 e. The number of hydrogen-bond acceptors (Lipinski definition) is 4. The van der Waals surface area contributed by atoms with Crippen LogP contribution in [0, 0.1) is 5.92 Å². The monoisotopic (exact) mass is 258 g/mol. The Balaban J connectivity index is 2.21. The Morgan fingerprint density at radius 3 is 2.61 bits per heavy atom. The van der Waals surface area contributed by atoms with E-state index < -0.39 is 18.0 Å². The van der Waals surface area contributed by atoms with E-state index in [0.717, 1.165) is 0 Å². The summed E-state index contributed by atoms with van der Waals surface area (Å²) in [5.74, 6) is -1.71. The van der Waals surface area contributed by atoms with Gasteiger partial charge in [0.2, 0.25) is 0 Å². The first-order valence-corrected chi connectivity index (χ1v) is 5.95. The molecule has 2 amide bonds. The first kappa shape index (κ1) is 14.3. The summed E-state index contributed by atoms with van der Waals surface area (Å²) >= 11 is 0. The smallest absolute Gasteiger partial charge is 0.325 e. The SMILES string of the molecule is CCOC(=O)CNC(=O)NC1CCC(C(=O)O)C1. The maximum atomic E-state index is 11.4. The van der Waals surface area contributed by atoms with Gasteiger partial charge in [0.1, 0.15) is 6.54 Å². The van der Waals surface area contributed by atoms with Gasteiger partial charge in [0.05, 0.1) is 12.5 Å². The molecule has 1 aliphatic carbocycles. The van der Waals surface area contributed by atoms with Crippen molar-refractivity contribution in [3.05, 3.63) is 0 Å². The zero-order chi connectivity index (χ0) is 13.5. The van der Waals surface area contributed by atoms with Crippen molar-refractivity contribution < 1.29 is 24.2 Å². The van der Waals surface area contributed by atoms with Crippen LogP contribution in [0.2, 0.25) is 0 Å². The summed E-state index contributed by atoms with van der Waals surface area (Å²) in [5, 5.41) is 13.8. The van der Waals surface area contributed by atoms with Crippen molar-refractivity contribution in [3.63, 3.8) is 0 Å². The van der Waals surface area contributed by atoms with Crippen molar-refractivity contribution in [2.24, 2.45) is 5.92 Å². The van der Waals surface area contributed by atoms with Gasteiger partial charge in [-0.25, -0.2) is 4.79 Å². The summed E-state index contributed by atoms with van der Waals surface area (Å²) < 4.78 is 4.65. The van der Waals surface area contributed by atoms with Gasteiger partial charge < -0.3 is 20.5 Å². The molecular formula is C11H18N2O5. The molecule has 3 N–H and O–H groups in total. The number of ether oxygens (including phenoxy) is 1. The van der Waals surface area contributed by atoms with Crippen molar-refractivity contribution in [3.8, 4) is 0 Å². The van der Waals surface area contributed by atoms with Crippen LogP contribution < -0.4 is 10.6 Å². The Kier molecular flexibility index (Phi) is 5.41. The minimum atomic E-state index is -0.828. The average molecular weight is 258 g/mol. The van der Waals surface area contributed by atoms with Crippen LogP contribution >= 0.6 is 0 Å². The molecule has 0 saturated heterocycles. The molecule has 1 fully saturated rings. The topological polar surface area (TPSA) is 105 Å². The second-order valence-electron chi connectivity index (χ2n) is 4.18. The first-order chi connectivity index (χ1) is 8.52. The van der Waals surface area contributed by atoms with Gasteiger partial charge in [0.25, 0.3) is 0 Å². The molecule has 7 nitrogen and oxygen atoms in total. The van der Waals surface area contributed by atoms with Crippen LogP contribution in [0.3, 0.4) is 0 Å². The molecule has 0 aromatic carbocycles. The molecule has 2 unspecified atom stereocenters. The van der Waals surface area contributed by atoms with Gasteiger partial charge in [-0.15, -0.1) is 0 Å². The third kappa shape index (κ3) is 4.60. The van der Waals surface area contributed by atoms with Gasteiger partial charge >= 0.3 is 18.0 Å². The Bertz CT molecular complexity index is 331. The van der Waals surface area contributed by atoms with Crippen molar-refractivity contribution >= 4 is 18.0 Å². The maximum Gasteiger partial charge on any atom is 0.325 e. The number of rotatable bonds is 5. The zero-order valence-electron chi connectivity index (χ0n) is 10.3. The Hall–Kier alpha value is -1.79. The summed E-state index contributed by atoms with van der Waals surface area (Å²) in [7, 11) is 0.